The SMILES string of the molecule is CCCN1CCO[C@@H]2C3=C(CC4=CC=CC4=C3)OC[C@H]21. The largest absolute Gasteiger partial charge is 0.495 e. The molecule has 3 heteroatoms. The van der Waals surface area contributed by atoms with E-state index in [0.29, 0.717) is 6.04 Å². The summed E-state index contributed by atoms with van der Waals surface area (Å²) in [4.78, 5) is 2.53. The molecule has 4 rings (SSSR count). The summed E-state index contributed by atoms with van der Waals surface area (Å²) >= 11 is 0. The predicted molar refractivity (Wildman–Crippen MR) is 78.3 cm³/mol. The van der Waals surface area contributed by atoms with E-state index in [4.69, 9.17) is 9.47 Å². The number of hydrogen-bond donors (Lipinski definition) is 0. The van der Waals surface area contributed by atoms with Crippen molar-refractivity contribution in [3.05, 3.63) is 46.8 Å². The molecule has 0 spiro atoms. The third-order valence-electron chi connectivity index (χ3n) is 4.67. The zero-order valence-electron chi connectivity index (χ0n) is 12.0. The van der Waals surface area contributed by atoms with Gasteiger partial charge < -0.3 is 9.47 Å². The van der Waals surface area contributed by atoms with Crippen LogP contribution in [0.5, 0.6) is 0 Å². The smallest absolute Gasteiger partial charge is 0.106 e. The van der Waals surface area contributed by atoms with Crippen molar-refractivity contribution in [2.75, 3.05) is 26.3 Å². The molecule has 0 saturated carbocycles. The minimum Gasteiger partial charge on any atom is -0.495 e. The second kappa shape index (κ2) is 4.90. The third kappa shape index (κ3) is 1.88. The zero-order chi connectivity index (χ0) is 13.5. The number of fused-ring (bicyclic) bond motifs is 3. The number of morpholine rings is 1. The Hall–Kier alpha value is -1.32. The lowest BCUT2D eigenvalue weighted by molar-refractivity contribution is -0.0862. The molecule has 2 heterocycles. The van der Waals surface area contributed by atoms with Crippen molar-refractivity contribution in [2.24, 2.45) is 0 Å². The van der Waals surface area contributed by atoms with Gasteiger partial charge in [-0.2, -0.15) is 0 Å². The van der Waals surface area contributed by atoms with Gasteiger partial charge in [-0.1, -0.05) is 25.2 Å². The van der Waals surface area contributed by atoms with Crippen LogP contribution in [0.1, 0.15) is 19.8 Å². The van der Waals surface area contributed by atoms with Crippen LogP contribution in [0.15, 0.2) is 46.8 Å². The van der Waals surface area contributed by atoms with Crippen molar-refractivity contribution in [1.82, 2.24) is 4.90 Å². The van der Waals surface area contributed by atoms with Gasteiger partial charge in [-0.05, 0) is 30.2 Å². The molecule has 3 nitrogen and oxygen atoms in total. The average Bonchev–Trinajstić information content (AvgIpc) is 2.92. The molecular weight excluding hydrogens is 250 g/mol. The van der Waals surface area contributed by atoms with Gasteiger partial charge in [0.15, 0.2) is 0 Å². The van der Waals surface area contributed by atoms with E-state index in [9.17, 15) is 0 Å². The van der Waals surface area contributed by atoms with E-state index in [2.05, 4.69) is 36.1 Å². The standard InChI is InChI=1S/C17H21NO2/c1-2-6-18-7-8-19-17-14-9-12-4-3-5-13(12)10-16(14)20-11-15(17)18/h3-5,9,15,17H,2,6-8,10-11H2,1H3/t15-,17-/m1/s1. The highest BCUT2D eigenvalue weighted by Gasteiger charge is 2.40. The summed E-state index contributed by atoms with van der Waals surface area (Å²) in [6, 6.07) is 0.384. The molecule has 0 aromatic rings. The van der Waals surface area contributed by atoms with Crippen LogP contribution in [0.4, 0.5) is 0 Å². The molecule has 0 aromatic heterocycles. The van der Waals surface area contributed by atoms with Crippen LogP contribution >= 0.6 is 0 Å². The van der Waals surface area contributed by atoms with Gasteiger partial charge in [-0.3, -0.25) is 4.90 Å². The molecule has 2 aliphatic carbocycles. The van der Waals surface area contributed by atoms with Gasteiger partial charge in [0.05, 0.1) is 12.6 Å². The Morgan fingerprint density at radius 2 is 2.35 bits per heavy atom. The van der Waals surface area contributed by atoms with Crippen molar-refractivity contribution < 1.29 is 9.47 Å². The summed E-state index contributed by atoms with van der Waals surface area (Å²) in [6.07, 6.45) is 11.1. The van der Waals surface area contributed by atoms with Gasteiger partial charge in [-0.25, -0.2) is 0 Å². The number of allylic oxidation sites excluding steroid dienone is 5. The van der Waals surface area contributed by atoms with Crippen molar-refractivity contribution in [1.29, 1.82) is 0 Å². The molecule has 0 aromatic carbocycles. The molecule has 2 aliphatic heterocycles. The molecule has 106 valence electrons. The maximum absolute atomic E-state index is 6.11. The first-order valence-electron chi connectivity index (χ1n) is 7.67. The first-order valence-corrected chi connectivity index (χ1v) is 7.67. The van der Waals surface area contributed by atoms with Crippen LogP contribution in [0, 0.1) is 0 Å². The van der Waals surface area contributed by atoms with Crippen molar-refractivity contribution in [3.8, 4) is 0 Å². The minimum absolute atomic E-state index is 0.196. The lowest BCUT2D eigenvalue weighted by Crippen LogP contribution is -2.56. The second-order valence-corrected chi connectivity index (χ2v) is 5.91. The van der Waals surface area contributed by atoms with E-state index in [1.54, 1.807) is 0 Å². The van der Waals surface area contributed by atoms with Crippen molar-refractivity contribution in [3.63, 3.8) is 0 Å². The monoisotopic (exact) mass is 271 g/mol. The molecular formula is C17H21NO2. The van der Waals surface area contributed by atoms with Gasteiger partial charge in [-0.15, -0.1) is 0 Å². The molecule has 0 bridgehead atoms. The van der Waals surface area contributed by atoms with Crippen LogP contribution in [0.25, 0.3) is 0 Å². The van der Waals surface area contributed by atoms with E-state index in [1.807, 2.05) is 0 Å². The highest BCUT2D eigenvalue weighted by atomic mass is 16.5. The summed E-state index contributed by atoms with van der Waals surface area (Å²) in [5, 5.41) is 0. The summed E-state index contributed by atoms with van der Waals surface area (Å²) < 4.78 is 12.2. The maximum atomic E-state index is 6.11. The van der Waals surface area contributed by atoms with Crippen LogP contribution in [-0.2, 0) is 9.47 Å². The Labute approximate surface area is 120 Å². The Bertz CT molecular complexity index is 539. The lowest BCUT2D eigenvalue weighted by atomic mass is 9.87. The van der Waals surface area contributed by atoms with Crippen molar-refractivity contribution >= 4 is 0 Å². The molecule has 4 aliphatic rings. The zero-order valence-corrected chi connectivity index (χ0v) is 12.0. The maximum Gasteiger partial charge on any atom is 0.106 e. The fraction of sp³-hybridized carbons (Fsp3) is 0.529. The van der Waals surface area contributed by atoms with E-state index in [-0.39, 0.29) is 6.10 Å². The molecule has 0 N–H and O–H groups in total. The first-order chi connectivity index (χ1) is 9.86. The van der Waals surface area contributed by atoms with Gasteiger partial charge in [0.2, 0.25) is 0 Å². The highest BCUT2D eigenvalue weighted by molar-refractivity contribution is 5.57. The summed E-state index contributed by atoms with van der Waals surface area (Å²) in [6.45, 7) is 6.01. The van der Waals surface area contributed by atoms with Crippen LogP contribution < -0.4 is 0 Å². The second-order valence-electron chi connectivity index (χ2n) is 5.91. The number of hydrogen-bond acceptors (Lipinski definition) is 3. The number of rotatable bonds is 2. The lowest BCUT2D eigenvalue weighted by Gasteiger charge is -2.45. The number of ether oxygens (including phenoxy) is 2. The Balaban J connectivity index is 1.65. The molecule has 0 radical (unpaired) electrons. The van der Waals surface area contributed by atoms with Crippen LogP contribution in [0.2, 0.25) is 0 Å². The number of nitrogens with zero attached hydrogens (tertiary/aromatic N) is 1. The predicted octanol–water partition coefficient (Wildman–Crippen LogP) is 2.58. The minimum atomic E-state index is 0.196. The molecule has 2 atom stereocenters. The molecule has 1 saturated heterocycles. The fourth-order valence-electron chi connectivity index (χ4n) is 3.68. The molecule has 0 amide bonds. The Kier molecular flexibility index (Phi) is 3.04. The first kappa shape index (κ1) is 12.4. The average molecular weight is 271 g/mol. The van der Waals surface area contributed by atoms with E-state index < -0.39 is 0 Å². The van der Waals surface area contributed by atoms with Gasteiger partial charge in [0.25, 0.3) is 0 Å². The summed E-state index contributed by atoms with van der Waals surface area (Å²) in [7, 11) is 0. The van der Waals surface area contributed by atoms with E-state index in [0.717, 1.165) is 38.5 Å². The molecule has 20 heavy (non-hydrogen) atoms. The summed E-state index contributed by atoms with van der Waals surface area (Å²) in [5.41, 5.74) is 3.99. The topological polar surface area (TPSA) is 21.7 Å². The van der Waals surface area contributed by atoms with Gasteiger partial charge >= 0.3 is 0 Å². The highest BCUT2D eigenvalue weighted by Crippen LogP contribution is 2.39. The summed E-state index contributed by atoms with van der Waals surface area (Å²) in [5.74, 6) is 1.13. The third-order valence-corrected chi connectivity index (χ3v) is 4.67. The van der Waals surface area contributed by atoms with E-state index >= 15 is 0 Å². The van der Waals surface area contributed by atoms with Crippen LogP contribution in [-0.4, -0.2) is 43.3 Å². The normalized spacial score (nSPS) is 32.0. The fourth-order valence-corrected chi connectivity index (χ4v) is 3.68. The van der Waals surface area contributed by atoms with Crippen LogP contribution in [0.3, 0.4) is 0 Å². The quantitative estimate of drug-likeness (QED) is 0.770. The molecule has 0 unspecified atom stereocenters. The van der Waals surface area contributed by atoms with Gasteiger partial charge in [0.1, 0.15) is 18.5 Å². The van der Waals surface area contributed by atoms with Gasteiger partial charge in [0, 0.05) is 18.5 Å². The van der Waals surface area contributed by atoms with E-state index in [1.165, 1.54) is 23.1 Å². The Morgan fingerprint density at radius 3 is 3.25 bits per heavy atom. The van der Waals surface area contributed by atoms with Crippen molar-refractivity contribution in [2.45, 2.75) is 31.9 Å². The molecule has 1 fully saturated rings. The Morgan fingerprint density at radius 1 is 1.40 bits per heavy atom.